The molecule has 0 bridgehead atoms. The molecule has 0 amide bonds. The van der Waals surface area contributed by atoms with E-state index in [2.05, 4.69) is 15.3 Å². The smallest absolute Gasteiger partial charge is 0.251 e. The Morgan fingerprint density at radius 2 is 2.40 bits per heavy atom. The molecule has 1 heterocycles. The molecule has 15 heavy (non-hydrogen) atoms. The minimum Gasteiger partial charge on any atom is -0.311 e. The maximum atomic E-state index is 11.4. The summed E-state index contributed by atoms with van der Waals surface area (Å²) in [5, 5.41) is 3.18. The van der Waals surface area contributed by atoms with Crippen LogP contribution < -0.4 is 10.9 Å². The van der Waals surface area contributed by atoms with Gasteiger partial charge in [-0.3, -0.25) is 4.79 Å². The molecule has 0 saturated heterocycles. The van der Waals surface area contributed by atoms with Crippen LogP contribution in [0, 0.1) is 0 Å². The van der Waals surface area contributed by atoms with Gasteiger partial charge in [0.05, 0.1) is 5.69 Å². The summed E-state index contributed by atoms with van der Waals surface area (Å²) in [6.45, 7) is 3.62. The lowest BCUT2D eigenvalue weighted by atomic mass is 9.85. The number of aromatic amines is 1. The Morgan fingerprint density at radius 1 is 1.60 bits per heavy atom. The van der Waals surface area contributed by atoms with E-state index < -0.39 is 0 Å². The van der Waals surface area contributed by atoms with E-state index in [0.717, 1.165) is 30.9 Å². The molecular weight excluding hydrogens is 190 g/mol. The molecule has 1 fully saturated rings. The third kappa shape index (κ3) is 2.45. The van der Waals surface area contributed by atoms with E-state index in [1.54, 1.807) is 6.07 Å². The normalized spacial score (nSPS) is 16.3. The Hall–Kier alpha value is -1.16. The highest BCUT2D eigenvalue weighted by molar-refractivity contribution is 5.07. The van der Waals surface area contributed by atoms with Crippen LogP contribution in [0.15, 0.2) is 10.9 Å². The molecule has 0 spiro atoms. The molecule has 4 heteroatoms. The maximum Gasteiger partial charge on any atom is 0.251 e. The quantitative estimate of drug-likeness (QED) is 0.778. The second-order valence-corrected chi connectivity index (χ2v) is 4.03. The highest BCUT2D eigenvalue weighted by Crippen LogP contribution is 2.33. The molecule has 0 aromatic carbocycles. The highest BCUT2D eigenvalue weighted by atomic mass is 16.1. The van der Waals surface area contributed by atoms with Gasteiger partial charge in [0.25, 0.3) is 5.56 Å². The molecule has 0 aliphatic heterocycles. The first-order chi connectivity index (χ1) is 7.29. The van der Waals surface area contributed by atoms with E-state index in [1.807, 2.05) is 6.92 Å². The van der Waals surface area contributed by atoms with Crippen LogP contribution in [0.4, 0.5) is 0 Å². The van der Waals surface area contributed by atoms with E-state index >= 15 is 0 Å². The standard InChI is InChI=1S/C11H17N3O/c1-2-12-7-9-6-10(15)14-11(13-9)8-4-3-5-8/h6,8,12H,2-5,7H2,1H3,(H,13,14,15). The molecule has 1 aromatic heterocycles. The Balaban J connectivity index is 2.16. The molecule has 82 valence electrons. The highest BCUT2D eigenvalue weighted by Gasteiger charge is 2.21. The van der Waals surface area contributed by atoms with Crippen molar-refractivity contribution in [3.63, 3.8) is 0 Å². The van der Waals surface area contributed by atoms with Gasteiger partial charge in [-0.05, 0) is 19.4 Å². The van der Waals surface area contributed by atoms with Crippen LogP contribution >= 0.6 is 0 Å². The van der Waals surface area contributed by atoms with Crippen molar-refractivity contribution in [3.05, 3.63) is 27.9 Å². The number of hydrogen-bond acceptors (Lipinski definition) is 3. The molecule has 2 N–H and O–H groups in total. The zero-order valence-corrected chi connectivity index (χ0v) is 9.05. The third-order valence-electron chi connectivity index (χ3n) is 2.86. The summed E-state index contributed by atoms with van der Waals surface area (Å²) >= 11 is 0. The summed E-state index contributed by atoms with van der Waals surface area (Å²) < 4.78 is 0. The molecule has 1 aliphatic rings. The van der Waals surface area contributed by atoms with Crippen LogP contribution in [0.1, 0.15) is 43.6 Å². The van der Waals surface area contributed by atoms with E-state index in [9.17, 15) is 4.79 Å². The molecule has 1 aliphatic carbocycles. The van der Waals surface area contributed by atoms with E-state index in [-0.39, 0.29) is 5.56 Å². The average Bonchev–Trinajstić information content (AvgIpc) is 2.11. The number of aromatic nitrogens is 2. The van der Waals surface area contributed by atoms with Crippen LogP contribution in [0.3, 0.4) is 0 Å². The van der Waals surface area contributed by atoms with Crippen LogP contribution in [0.5, 0.6) is 0 Å². The minimum absolute atomic E-state index is 0.0280. The zero-order valence-electron chi connectivity index (χ0n) is 9.05. The first-order valence-electron chi connectivity index (χ1n) is 5.60. The molecular formula is C11H17N3O. The first kappa shape index (κ1) is 10.4. The largest absolute Gasteiger partial charge is 0.311 e. The van der Waals surface area contributed by atoms with Gasteiger partial charge in [0.2, 0.25) is 0 Å². The number of rotatable bonds is 4. The lowest BCUT2D eigenvalue weighted by Crippen LogP contribution is -2.22. The Labute approximate surface area is 89.1 Å². The van der Waals surface area contributed by atoms with E-state index in [1.165, 1.54) is 6.42 Å². The topological polar surface area (TPSA) is 57.8 Å². The Bertz CT molecular complexity index is 382. The fourth-order valence-electron chi connectivity index (χ4n) is 1.75. The lowest BCUT2D eigenvalue weighted by Gasteiger charge is -2.24. The van der Waals surface area contributed by atoms with Crippen molar-refractivity contribution in [2.45, 2.75) is 38.6 Å². The van der Waals surface area contributed by atoms with Crippen LogP contribution in [0.25, 0.3) is 0 Å². The van der Waals surface area contributed by atoms with Gasteiger partial charge in [0.15, 0.2) is 0 Å². The summed E-state index contributed by atoms with van der Waals surface area (Å²) in [4.78, 5) is 18.7. The molecule has 0 atom stereocenters. The van der Waals surface area contributed by atoms with Crippen molar-refractivity contribution >= 4 is 0 Å². The van der Waals surface area contributed by atoms with Gasteiger partial charge in [0, 0.05) is 18.5 Å². The number of hydrogen-bond donors (Lipinski definition) is 2. The van der Waals surface area contributed by atoms with Crippen LogP contribution in [-0.2, 0) is 6.54 Å². The second-order valence-electron chi connectivity index (χ2n) is 4.03. The molecule has 2 rings (SSSR count). The molecule has 1 saturated carbocycles. The van der Waals surface area contributed by atoms with Gasteiger partial charge >= 0.3 is 0 Å². The van der Waals surface area contributed by atoms with Crippen molar-refractivity contribution in [1.82, 2.24) is 15.3 Å². The van der Waals surface area contributed by atoms with Gasteiger partial charge in [-0.1, -0.05) is 13.3 Å². The summed E-state index contributed by atoms with van der Waals surface area (Å²) in [6, 6.07) is 1.57. The van der Waals surface area contributed by atoms with Gasteiger partial charge in [-0.2, -0.15) is 0 Å². The fraction of sp³-hybridized carbons (Fsp3) is 0.636. The predicted molar refractivity (Wildman–Crippen MR) is 58.8 cm³/mol. The lowest BCUT2D eigenvalue weighted by molar-refractivity contribution is 0.399. The van der Waals surface area contributed by atoms with E-state index in [0.29, 0.717) is 12.5 Å². The van der Waals surface area contributed by atoms with Gasteiger partial charge in [0.1, 0.15) is 5.82 Å². The molecule has 4 nitrogen and oxygen atoms in total. The second kappa shape index (κ2) is 4.57. The first-order valence-corrected chi connectivity index (χ1v) is 5.60. The Morgan fingerprint density at radius 3 is 3.00 bits per heavy atom. The van der Waals surface area contributed by atoms with Crippen molar-refractivity contribution in [2.75, 3.05) is 6.54 Å². The number of nitrogens with zero attached hydrogens (tertiary/aromatic N) is 1. The summed E-state index contributed by atoms with van der Waals surface area (Å²) in [5.74, 6) is 1.36. The van der Waals surface area contributed by atoms with E-state index in [4.69, 9.17) is 0 Å². The minimum atomic E-state index is -0.0280. The van der Waals surface area contributed by atoms with Crippen molar-refractivity contribution in [2.24, 2.45) is 0 Å². The molecule has 0 radical (unpaired) electrons. The average molecular weight is 207 g/mol. The fourth-order valence-corrected chi connectivity index (χ4v) is 1.75. The van der Waals surface area contributed by atoms with Crippen LogP contribution in [-0.4, -0.2) is 16.5 Å². The summed E-state index contributed by atoms with van der Waals surface area (Å²) in [6.07, 6.45) is 3.58. The van der Waals surface area contributed by atoms with Gasteiger partial charge in [-0.15, -0.1) is 0 Å². The van der Waals surface area contributed by atoms with Crippen molar-refractivity contribution in [1.29, 1.82) is 0 Å². The Kier molecular flexibility index (Phi) is 3.16. The van der Waals surface area contributed by atoms with Crippen molar-refractivity contribution < 1.29 is 0 Å². The van der Waals surface area contributed by atoms with Crippen molar-refractivity contribution in [3.8, 4) is 0 Å². The predicted octanol–water partition coefficient (Wildman–Crippen LogP) is 1.15. The third-order valence-corrected chi connectivity index (χ3v) is 2.86. The summed E-state index contributed by atoms with van der Waals surface area (Å²) in [5.41, 5.74) is 0.822. The summed E-state index contributed by atoms with van der Waals surface area (Å²) in [7, 11) is 0. The van der Waals surface area contributed by atoms with Gasteiger partial charge < -0.3 is 10.3 Å². The zero-order chi connectivity index (χ0) is 10.7. The van der Waals surface area contributed by atoms with Crippen LogP contribution in [0.2, 0.25) is 0 Å². The van der Waals surface area contributed by atoms with Gasteiger partial charge in [-0.25, -0.2) is 4.98 Å². The molecule has 0 unspecified atom stereocenters. The maximum absolute atomic E-state index is 11.4. The monoisotopic (exact) mass is 207 g/mol. The molecule has 1 aromatic rings. The SMILES string of the molecule is CCNCc1cc(=O)[nH]c(C2CCC2)n1. The number of H-pyrrole nitrogens is 1. The number of nitrogens with one attached hydrogen (secondary N) is 2.